The normalized spacial score (nSPS) is 20.1. The maximum Gasteiger partial charge on any atom is 0.0943 e. The Hall–Kier alpha value is -0.410. The Kier molecular flexibility index (Phi) is 5.02. The van der Waals surface area contributed by atoms with Crippen LogP contribution in [0.2, 0.25) is 0 Å². The van der Waals surface area contributed by atoms with E-state index in [0.717, 1.165) is 12.3 Å². The summed E-state index contributed by atoms with van der Waals surface area (Å²) < 4.78 is 0. The molecule has 1 fully saturated rings. The van der Waals surface area contributed by atoms with Gasteiger partial charge in [0.25, 0.3) is 0 Å². The molecule has 1 atom stereocenters. The minimum absolute atomic E-state index is 0.502. The molecule has 0 aromatic carbocycles. The maximum atomic E-state index is 4.66. The summed E-state index contributed by atoms with van der Waals surface area (Å²) >= 11 is 1.82. The summed E-state index contributed by atoms with van der Waals surface area (Å²) in [6.07, 6.45) is 8.04. The molecule has 0 aliphatic heterocycles. The number of aromatic nitrogens is 1. The molecule has 1 aliphatic carbocycles. The molecule has 1 N–H and O–H groups in total. The van der Waals surface area contributed by atoms with E-state index in [-0.39, 0.29) is 0 Å². The van der Waals surface area contributed by atoms with Gasteiger partial charge < -0.3 is 5.32 Å². The van der Waals surface area contributed by atoms with Gasteiger partial charge >= 0.3 is 0 Å². The van der Waals surface area contributed by atoms with Gasteiger partial charge in [-0.25, -0.2) is 4.98 Å². The summed E-state index contributed by atoms with van der Waals surface area (Å²) in [5, 5.41) is 7.09. The van der Waals surface area contributed by atoms with Crippen molar-refractivity contribution >= 4 is 11.3 Å². The molecular weight excluding hydrogens is 252 g/mol. The summed E-state index contributed by atoms with van der Waals surface area (Å²) in [5.74, 6) is 0.784. The molecule has 19 heavy (non-hydrogen) atoms. The van der Waals surface area contributed by atoms with E-state index in [1.807, 2.05) is 11.3 Å². The molecule has 1 aromatic rings. The minimum Gasteiger partial charge on any atom is -0.316 e. The zero-order valence-corrected chi connectivity index (χ0v) is 13.6. The first-order valence-corrected chi connectivity index (χ1v) is 8.52. The second-order valence-electron chi connectivity index (χ2n) is 6.60. The van der Waals surface area contributed by atoms with E-state index in [1.54, 1.807) is 0 Å². The van der Waals surface area contributed by atoms with Gasteiger partial charge in [-0.3, -0.25) is 0 Å². The zero-order valence-electron chi connectivity index (χ0n) is 12.8. The van der Waals surface area contributed by atoms with E-state index in [4.69, 9.17) is 0 Å². The van der Waals surface area contributed by atoms with Gasteiger partial charge in [0, 0.05) is 23.5 Å². The van der Waals surface area contributed by atoms with Crippen LogP contribution in [0.25, 0.3) is 0 Å². The van der Waals surface area contributed by atoms with Crippen LogP contribution in [-0.2, 0) is 6.42 Å². The Morgan fingerprint density at radius 2 is 2.05 bits per heavy atom. The molecule has 1 saturated carbocycles. The number of aryl methyl sites for hydroxylation is 1. The van der Waals surface area contributed by atoms with Gasteiger partial charge in [0.2, 0.25) is 0 Å². The Morgan fingerprint density at radius 1 is 1.37 bits per heavy atom. The molecule has 2 rings (SSSR count). The molecule has 0 radical (unpaired) electrons. The Bertz CT molecular complexity index is 391. The summed E-state index contributed by atoms with van der Waals surface area (Å²) in [6.45, 7) is 6.81. The van der Waals surface area contributed by atoms with Crippen molar-refractivity contribution in [1.82, 2.24) is 10.3 Å². The predicted octanol–water partition coefficient (Wildman–Crippen LogP) is 4.19. The van der Waals surface area contributed by atoms with Crippen LogP contribution in [0.3, 0.4) is 0 Å². The van der Waals surface area contributed by atoms with Crippen LogP contribution >= 0.6 is 11.3 Å². The number of hydrogen-bond acceptors (Lipinski definition) is 3. The smallest absolute Gasteiger partial charge is 0.0943 e. The number of thiazole rings is 1. The lowest BCUT2D eigenvalue weighted by Gasteiger charge is -2.39. The third-order valence-electron chi connectivity index (χ3n) is 4.55. The SMILES string of the molecule is CNC(Cc1nc(C)cs1)C1(CC(C)C)CCCC1. The van der Waals surface area contributed by atoms with Crippen molar-refractivity contribution in [3.8, 4) is 0 Å². The Balaban J connectivity index is 2.13. The van der Waals surface area contributed by atoms with Crippen LogP contribution in [-0.4, -0.2) is 18.1 Å². The molecule has 0 saturated heterocycles. The lowest BCUT2D eigenvalue weighted by molar-refractivity contribution is 0.160. The zero-order chi connectivity index (χ0) is 13.9. The highest BCUT2D eigenvalue weighted by Gasteiger charge is 2.41. The van der Waals surface area contributed by atoms with Gasteiger partial charge in [0.15, 0.2) is 0 Å². The third-order valence-corrected chi connectivity index (χ3v) is 5.54. The molecule has 1 aromatic heterocycles. The highest BCUT2D eigenvalue weighted by atomic mass is 32.1. The van der Waals surface area contributed by atoms with E-state index in [9.17, 15) is 0 Å². The van der Waals surface area contributed by atoms with Crippen molar-refractivity contribution in [2.75, 3.05) is 7.05 Å². The van der Waals surface area contributed by atoms with E-state index in [1.165, 1.54) is 42.8 Å². The first-order valence-electron chi connectivity index (χ1n) is 7.64. The molecule has 2 nitrogen and oxygen atoms in total. The van der Waals surface area contributed by atoms with Crippen molar-refractivity contribution in [1.29, 1.82) is 0 Å². The quantitative estimate of drug-likeness (QED) is 0.845. The van der Waals surface area contributed by atoms with E-state index < -0.39 is 0 Å². The van der Waals surface area contributed by atoms with Gasteiger partial charge in [-0.05, 0) is 44.6 Å². The number of rotatable bonds is 6. The van der Waals surface area contributed by atoms with Crippen molar-refractivity contribution in [2.45, 2.75) is 65.3 Å². The van der Waals surface area contributed by atoms with Gasteiger partial charge in [-0.2, -0.15) is 0 Å². The van der Waals surface area contributed by atoms with Crippen molar-refractivity contribution in [3.05, 3.63) is 16.1 Å². The first-order chi connectivity index (χ1) is 9.05. The molecule has 0 amide bonds. The lowest BCUT2D eigenvalue weighted by atomic mass is 9.71. The summed E-state index contributed by atoms with van der Waals surface area (Å²) in [4.78, 5) is 4.66. The third kappa shape index (κ3) is 3.57. The fourth-order valence-corrected chi connectivity index (χ4v) is 4.70. The fraction of sp³-hybridized carbons (Fsp3) is 0.812. The average Bonchev–Trinajstić information content (AvgIpc) is 2.95. The average molecular weight is 280 g/mol. The highest BCUT2D eigenvalue weighted by Crippen LogP contribution is 2.46. The second kappa shape index (κ2) is 6.36. The van der Waals surface area contributed by atoms with Crippen molar-refractivity contribution in [2.24, 2.45) is 11.3 Å². The van der Waals surface area contributed by atoms with Gasteiger partial charge in [-0.1, -0.05) is 26.7 Å². The minimum atomic E-state index is 0.502. The van der Waals surface area contributed by atoms with Gasteiger partial charge in [0.05, 0.1) is 5.01 Å². The molecular formula is C16H28N2S. The maximum absolute atomic E-state index is 4.66. The van der Waals surface area contributed by atoms with E-state index in [2.05, 4.69) is 43.5 Å². The van der Waals surface area contributed by atoms with Crippen LogP contribution < -0.4 is 5.32 Å². The summed E-state index contributed by atoms with van der Waals surface area (Å²) in [5.41, 5.74) is 1.67. The number of nitrogens with one attached hydrogen (secondary N) is 1. The molecule has 1 heterocycles. The van der Waals surface area contributed by atoms with Crippen LogP contribution in [0.4, 0.5) is 0 Å². The largest absolute Gasteiger partial charge is 0.316 e. The molecule has 108 valence electrons. The van der Waals surface area contributed by atoms with E-state index in [0.29, 0.717) is 11.5 Å². The first kappa shape index (κ1) is 15.0. The Morgan fingerprint density at radius 3 is 2.53 bits per heavy atom. The second-order valence-corrected chi connectivity index (χ2v) is 7.54. The molecule has 1 aliphatic rings. The standard InChI is InChI=1S/C16H28N2S/c1-12(2)10-16(7-5-6-8-16)14(17-4)9-15-18-13(3)11-19-15/h11-12,14,17H,5-10H2,1-4H3. The molecule has 0 bridgehead atoms. The van der Waals surface area contributed by atoms with E-state index >= 15 is 0 Å². The lowest BCUT2D eigenvalue weighted by Crippen LogP contribution is -2.44. The predicted molar refractivity (Wildman–Crippen MR) is 83.8 cm³/mol. The topological polar surface area (TPSA) is 24.9 Å². The Labute approximate surface area is 122 Å². The monoisotopic (exact) mass is 280 g/mol. The number of hydrogen-bond donors (Lipinski definition) is 1. The highest BCUT2D eigenvalue weighted by molar-refractivity contribution is 7.09. The van der Waals surface area contributed by atoms with Crippen molar-refractivity contribution in [3.63, 3.8) is 0 Å². The van der Waals surface area contributed by atoms with Crippen LogP contribution in [0.5, 0.6) is 0 Å². The van der Waals surface area contributed by atoms with Gasteiger partial charge in [0.1, 0.15) is 0 Å². The number of nitrogens with zero attached hydrogens (tertiary/aromatic N) is 1. The summed E-state index contributed by atoms with van der Waals surface area (Å²) in [6, 6.07) is 0.586. The fourth-order valence-electron chi connectivity index (χ4n) is 3.88. The van der Waals surface area contributed by atoms with Crippen molar-refractivity contribution < 1.29 is 0 Å². The van der Waals surface area contributed by atoms with Crippen LogP contribution in [0, 0.1) is 18.3 Å². The molecule has 0 spiro atoms. The number of likely N-dealkylation sites (N-methyl/N-ethyl adjacent to an activating group) is 1. The molecule has 3 heteroatoms. The van der Waals surface area contributed by atoms with Crippen LogP contribution in [0.15, 0.2) is 5.38 Å². The molecule has 1 unspecified atom stereocenters. The van der Waals surface area contributed by atoms with Crippen LogP contribution in [0.1, 0.15) is 56.7 Å². The van der Waals surface area contributed by atoms with Gasteiger partial charge in [-0.15, -0.1) is 11.3 Å². The summed E-state index contributed by atoms with van der Waals surface area (Å²) in [7, 11) is 2.13.